The molecule has 1 fully saturated rings. The smallest absolute Gasteiger partial charge is 0.254 e. The highest BCUT2D eigenvalue weighted by Crippen LogP contribution is 2.34. The Bertz CT molecular complexity index is 1190. The van der Waals surface area contributed by atoms with Crippen LogP contribution in [0.2, 0.25) is 5.02 Å². The number of aromatic nitrogens is 3. The first kappa shape index (κ1) is 24.0. The lowest BCUT2D eigenvalue weighted by atomic mass is 10.1. The van der Waals surface area contributed by atoms with E-state index in [2.05, 4.69) is 22.1 Å². The number of hydrogen-bond donors (Lipinski definition) is 1. The van der Waals surface area contributed by atoms with Gasteiger partial charge in [-0.25, -0.2) is 0 Å². The Labute approximate surface area is 208 Å². The van der Waals surface area contributed by atoms with E-state index in [-0.39, 0.29) is 23.6 Å². The van der Waals surface area contributed by atoms with Crippen molar-refractivity contribution < 1.29 is 9.59 Å². The van der Waals surface area contributed by atoms with Gasteiger partial charge in [-0.15, -0.1) is 16.8 Å². The number of allylic oxidation sites excluding steroid dienone is 1. The SMILES string of the molecule is C=CCn1c(SCC(=O)Nc2ccc(Cl)cc2)nnc1C1CCCN1C(=O)c1ccccc1C. The fraction of sp³-hybridized carbons (Fsp3) is 0.280. The third-order valence-electron chi connectivity index (χ3n) is 5.70. The summed E-state index contributed by atoms with van der Waals surface area (Å²) in [7, 11) is 0. The van der Waals surface area contributed by atoms with E-state index in [1.165, 1.54) is 11.8 Å². The zero-order valence-electron chi connectivity index (χ0n) is 18.9. The largest absolute Gasteiger partial charge is 0.328 e. The molecule has 4 rings (SSSR count). The molecule has 0 radical (unpaired) electrons. The van der Waals surface area contributed by atoms with Crippen LogP contribution in [0.5, 0.6) is 0 Å². The summed E-state index contributed by atoms with van der Waals surface area (Å²) in [5, 5.41) is 12.9. The number of carbonyl (C=O) groups is 2. The second-order valence-corrected chi connectivity index (χ2v) is 9.43. The Morgan fingerprint density at radius 3 is 2.71 bits per heavy atom. The van der Waals surface area contributed by atoms with Gasteiger partial charge in [0, 0.05) is 29.4 Å². The normalized spacial score (nSPS) is 15.4. The van der Waals surface area contributed by atoms with Gasteiger partial charge in [0.2, 0.25) is 5.91 Å². The Kier molecular flexibility index (Phi) is 7.70. The molecule has 34 heavy (non-hydrogen) atoms. The first-order valence-electron chi connectivity index (χ1n) is 11.1. The van der Waals surface area contributed by atoms with Gasteiger partial charge in [-0.05, 0) is 55.7 Å². The molecule has 0 spiro atoms. The van der Waals surface area contributed by atoms with Crippen molar-refractivity contribution in [1.82, 2.24) is 19.7 Å². The minimum absolute atomic E-state index is 0.00491. The van der Waals surface area contributed by atoms with Crippen LogP contribution in [0.15, 0.2) is 66.3 Å². The van der Waals surface area contributed by atoms with Gasteiger partial charge in [0.15, 0.2) is 11.0 Å². The molecule has 3 aromatic rings. The number of halogens is 1. The Morgan fingerprint density at radius 2 is 1.97 bits per heavy atom. The van der Waals surface area contributed by atoms with Crippen molar-refractivity contribution in [2.75, 3.05) is 17.6 Å². The lowest BCUT2D eigenvalue weighted by molar-refractivity contribution is -0.113. The van der Waals surface area contributed by atoms with Gasteiger partial charge in [-0.3, -0.25) is 9.59 Å². The van der Waals surface area contributed by atoms with Crippen LogP contribution >= 0.6 is 23.4 Å². The fourth-order valence-corrected chi connectivity index (χ4v) is 4.94. The molecule has 2 amide bonds. The van der Waals surface area contributed by atoms with Crippen LogP contribution < -0.4 is 5.32 Å². The van der Waals surface area contributed by atoms with Crippen molar-refractivity contribution in [2.45, 2.75) is 37.5 Å². The quantitative estimate of drug-likeness (QED) is 0.346. The minimum atomic E-state index is -0.170. The second kappa shape index (κ2) is 10.9. The predicted octanol–water partition coefficient (Wildman–Crippen LogP) is 5.13. The van der Waals surface area contributed by atoms with Crippen molar-refractivity contribution in [3.63, 3.8) is 0 Å². The predicted molar refractivity (Wildman–Crippen MR) is 135 cm³/mol. The Balaban J connectivity index is 1.49. The third-order valence-corrected chi connectivity index (χ3v) is 6.92. The van der Waals surface area contributed by atoms with E-state index >= 15 is 0 Å². The summed E-state index contributed by atoms with van der Waals surface area (Å²) < 4.78 is 1.95. The maximum atomic E-state index is 13.3. The van der Waals surface area contributed by atoms with Crippen LogP contribution in [-0.2, 0) is 11.3 Å². The molecule has 7 nitrogen and oxygen atoms in total. The highest BCUT2D eigenvalue weighted by atomic mass is 35.5. The minimum Gasteiger partial charge on any atom is -0.328 e. The molecule has 1 atom stereocenters. The average molecular weight is 496 g/mol. The van der Waals surface area contributed by atoms with Crippen LogP contribution in [0.4, 0.5) is 5.69 Å². The van der Waals surface area contributed by atoms with Crippen LogP contribution in [0.25, 0.3) is 0 Å². The van der Waals surface area contributed by atoms with Crippen molar-refractivity contribution >= 4 is 40.9 Å². The summed E-state index contributed by atoms with van der Waals surface area (Å²) in [5.41, 5.74) is 2.34. The van der Waals surface area contributed by atoms with Crippen molar-refractivity contribution in [3.8, 4) is 0 Å². The van der Waals surface area contributed by atoms with Crippen molar-refractivity contribution in [2.24, 2.45) is 0 Å². The number of nitrogens with one attached hydrogen (secondary N) is 1. The van der Waals surface area contributed by atoms with E-state index in [4.69, 9.17) is 11.6 Å². The van der Waals surface area contributed by atoms with Crippen molar-refractivity contribution in [1.29, 1.82) is 0 Å². The zero-order valence-corrected chi connectivity index (χ0v) is 20.5. The molecule has 176 valence electrons. The van der Waals surface area contributed by atoms with Gasteiger partial charge in [0.25, 0.3) is 5.91 Å². The summed E-state index contributed by atoms with van der Waals surface area (Å²) in [4.78, 5) is 27.6. The number of rotatable bonds is 8. The number of amides is 2. The summed E-state index contributed by atoms with van der Waals surface area (Å²) in [6.07, 6.45) is 3.48. The molecule has 9 heteroatoms. The van der Waals surface area contributed by atoms with Gasteiger partial charge in [-0.1, -0.05) is 47.6 Å². The molecule has 1 aliphatic rings. The molecule has 0 bridgehead atoms. The zero-order chi connectivity index (χ0) is 24.1. The number of thioether (sulfide) groups is 1. The first-order chi connectivity index (χ1) is 16.5. The monoisotopic (exact) mass is 495 g/mol. The molecular weight excluding hydrogens is 470 g/mol. The van der Waals surface area contributed by atoms with Crippen LogP contribution in [0.1, 0.15) is 40.6 Å². The number of anilines is 1. The maximum Gasteiger partial charge on any atom is 0.254 e. The van der Waals surface area contributed by atoms with Gasteiger partial charge in [0.05, 0.1) is 11.8 Å². The Hall–Kier alpha value is -3.10. The highest BCUT2D eigenvalue weighted by Gasteiger charge is 2.35. The number of nitrogens with zero attached hydrogens (tertiary/aromatic N) is 4. The van der Waals surface area contributed by atoms with E-state index in [1.54, 1.807) is 30.3 Å². The average Bonchev–Trinajstić information content (AvgIpc) is 3.46. The number of hydrogen-bond acceptors (Lipinski definition) is 5. The standard InChI is InChI=1S/C25H26ClN5O2S/c1-3-14-31-23(21-9-6-15-30(21)24(33)20-8-5-4-7-17(20)2)28-29-25(31)34-16-22(32)27-19-12-10-18(26)11-13-19/h3-5,7-8,10-13,21H,1,6,9,14-16H2,2H3,(H,27,32). The number of benzene rings is 2. The van der Waals surface area contributed by atoms with Crippen molar-refractivity contribution in [3.05, 3.63) is 83.2 Å². The topological polar surface area (TPSA) is 80.1 Å². The molecule has 1 aromatic heterocycles. The lowest BCUT2D eigenvalue weighted by Gasteiger charge is -2.25. The van der Waals surface area contributed by atoms with Crippen LogP contribution in [-0.4, -0.2) is 43.8 Å². The van der Waals surface area contributed by atoms with E-state index in [0.29, 0.717) is 34.5 Å². The molecule has 2 aromatic carbocycles. The van der Waals surface area contributed by atoms with Crippen LogP contribution in [0.3, 0.4) is 0 Å². The summed E-state index contributed by atoms with van der Waals surface area (Å²) >= 11 is 7.20. The van der Waals surface area contributed by atoms with E-state index in [1.807, 2.05) is 40.7 Å². The van der Waals surface area contributed by atoms with Gasteiger partial charge < -0.3 is 14.8 Å². The highest BCUT2D eigenvalue weighted by molar-refractivity contribution is 7.99. The molecule has 2 heterocycles. The maximum absolute atomic E-state index is 13.3. The number of carbonyl (C=O) groups excluding carboxylic acids is 2. The molecule has 0 saturated carbocycles. The van der Waals surface area contributed by atoms with E-state index in [9.17, 15) is 9.59 Å². The third kappa shape index (κ3) is 5.34. The molecule has 1 unspecified atom stereocenters. The summed E-state index contributed by atoms with van der Waals surface area (Å²) in [5.74, 6) is 0.749. The second-order valence-electron chi connectivity index (χ2n) is 8.06. The fourth-order valence-electron chi connectivity index (χ4n) is 4.06. The summed E-state index contributed by atoms with van der Waals surface area (Å²) in [6, 6.07) is 14.4. The summed E-state index contributed by atoms with van der Waals surface area (Å²) in [6.45, 7) is 6.97. The van der Waals surface area contributed by atoms with Gasteiger partial charge in [-0.2, -0.15) is 0 Å². The van der Waals surface area contributed by atoms with E-state index in [0.717, 1.165) is 24.2 Å². The molecule has 1 N–H and O–H groups in total. The molecular formula is C25H26ClN5O2S. The van der Waals surface area contributed by atoms with Gasteiger partial charge in [0.1, 0.15) is 0 Å². The van der Waals surface area contributed by atoms with Crippen LogP contribution in [0, 0.1) is 6.92 Å². The first-order valence-corrected chi connectivity index (χ1v) is 12.4. The molecule has 1 saturated heterocycles. The lowest BCUT2D eigenvalue weighted by Crippen LogP contribution is -2.32. The number of aryl methyl sites for hydroxylation is 1. The van der Waals surface area contributed by atoms with Gasteiger partial charge >= 0.3 is 0 Å². The molecule has 1 aliphatic heterocycles. The van der Waals surface area contributed by atoms with E-state index < -0.39 is 0 Å². The number of likely N-dealkylation sites (tertiary alicyclic amines) is 1. The Morgan fingerprint density at radius 1 is 1.21 bits per heavy atom. The molecule has 0 aliphatic carbocycles.